The number of oxime groups is 1. The Morgan fingerprint density at radius 2 is 1.95 bits per heavy atom. The van der Waals surface area contributed by atoms with Gasteiger partial charge in [0.05, 0.1) is 0 Å². The molecule has 0 aliphatic rings. The fourth-order valence-corrected chi connectivity index (χ4v) is 2.01. The predicted molar refractivity (Wildman–Crippen MR) is 80.8 cm³/mol. The molecule has 110 valence electrons. The van der Waals surface area contributed by atoms with Crippen molar-refractivity contribution in [3.05, 3.63) is 71.0 Å². The van der Waals surface area contributed by atoms with Crippen LogP contribution in [-0.4, -0.2) is 17.6 Å². The third-order valence-corrected chi connectivity index (χ3v) is 3.21. The molecule has 0 saturated heterocycles. The zero-order valence-electron chi connectivity index (χ0n) is 11.6. The van der Waals surface area contributed by atoms with E-state index < -0.39 is 0 Å². The van der Waals surface area contributed by atoms with Gasteiger partial charge in [0.2, 0.25) is 0 Å². The van der Waals surface area contributed by atoms with Gasteiger partial charge < -0.3 is 16.3 Å². The second-order valence-corrected chi connectivity index (χ2v) is 4.70. The minimum atomic E-state index is -0.369. The number of rotatable bonds is 6. The topological polar surface area (TPSA) is 70.6 Å². The molecule has 2 rings (SSSR count). The monoisotopic (exact) mass is 287 g/mol. The summed E-state index contributed by atoms with van der Waals surface area (Å²) in [6, 6.07) is 14.6. The van der Waals surface area contributed by atoms with Crippen LogP contribution in [0.3, 0.4) is 0 Å². The summed E-state index contributed by atoms with van der Waals surface area (Å²) in [4.78, 5) is 0. The minimum absolute atomic E-state index is 0.0995. The van der Waals surface area contributed by atoms with Crippen LogP contribution in [0.2, 0.25) is 0 Å². The van der Waals surface area contributed by atoms with Crippen molar-refractivity contribution in [3.63, 3.8) is 0 Å². The largest absolute Gasteiger partial charge is 0.409 e. The number of nitrogens with two attached hydrogens (primary N) is 1. The maximum absolute atomic E-state index is 13.9. The van der Waals surface area contributed by atoms with E-state index in [4.69, 9.17) is 10.9 Å². The highest BCUT2D eigenvalue weighted by molar-refractivity contribution is 5.97. The second kappa shape index (κ2) is 7.40. The number of benzene rings is 2. The van der Waals surface area contributed by atoms with Crippen molar-refractivity contribution in [2.75, 3.05) is 6.54 Å². The van der Waals surface area contributed by atoms with Gasteiger partial charge in [-0.3, -0.25) is 0 Å². The summed E-state index contributed by atoms with van der Waals surface area (Å²) in [5.74, 6) is -0.469. The standard InChI is InChI=1S/C16H18FN3O/c17-15-10-13(16(18)20-21)6-7-14(15)11-19-9-8-12-4-2-1-3-5-12/h1-7,10,19,21H,8-9,11H2,(H2,18,20). The molecule has 0 amide bonds. The van der Waals surface area contributed by atoms with Gasteiger partial charge in [0.15, 0.2) is 5.84 Å². The van der Waals surface area contributed by atoms with Gasteiger partial charge in [0, 0.05) is 17.7 Å². The van der Waals surface area contributed by atoms with Crippen LogP contribution in [0.25, 0.3) is 0 Å². The predicted octanol–water partition coefficient (Wildman–Crippen LogP) is 2.25. The lowest BCUT2D eigenvalue weighted by Gasteiger charge is -2.07. The summed E-state index contributed by atoms with van der Waals surface area (Å²) < 4.78 is 13.9. The molecule has 4 nitrogen and oxygen atoms in total. The molecular formula is C16H18FN3O. The fourth-order valence-electron chi connectivity index (χ4n) is 2.01. The molecule has 0 spiro atoms. The molecule has 0 bridgehead atoms. The molecule has 0 aliphatic heterocycles. The number of nitrogens with zero attached hydrogens (tertiary/aromatic N) is 1. The first-order valence-corrected chi connectivity index (χ1v) is 6.71. The zero-order chi connectivity index (χ0) is 15.1. The number of halogens is 1. The minimum Gasteiger partial charge on any atom is -0.409 e. The quantitative estimate of drug-likeness (QED) is 0.251. The summed E-state index contributed by atoms with van der Waals surface area (Å²) in [5.41, 5.74) is 7.58. The molecule has 0 saturated carbocycles. The van der Waals surface area contributed by atoms with Crippen LogP contribution < -0.4 is 11.1 Å². The fraction of sp³-hybridized carbons (Fsp3) is 0.188. The van der Waals surface area contributed by atoms with E-state index in [9.17, 15) is 4.39 Å². The number of amidine groups is 1. The van der Waals surface area contributed by atoms with Crippen LogP contribution >= 0.6 is 0 Å². The first-order valence-electron chi connectivity index (χ1n) is 6.71. The van der Waals surface area contributed by atoms with E-state index in [0.29, 0.717) is 17.7 Å². The zero-order valence-corrected chi connectivity index (χ0v) is 11.6. The van der Waals surface area contributed by atoms with E-state index >= 15 is 0 Å². The lowest BCUT2D eigenvalue weighted by atomic mass is 10.1. The number of hydrogen-bond donors (Lipinski definition) is 3. The summed E-state index contributed by atoms with van der Waals surface area (Å²) in [6.45, 7) is 1.21. The highest BCUT2D eigenvalue weighted by Gasteiger charge is 2.06. The van der Waals surface area contributed by atoms with Crippen LogP contribution in [0.5, 0.6) is 0 Å². The molecule has 2 aromatic carbocycles. The van der Waals surface area contributed by atoms with E-state index in [1.54, 1.807) is 12.1 Å². The Hall–Kier alpha value is -2.40. The van der Waals surface area contributed by atoms with Crippen molar-refractivity contribution >= 4 is 5.84 Å². The molecule has 0 unspecified atom stereocenters. The molecule has 0 atom stereocenters. The van der Waals surface area contributed by atoms with Crippen LogP contribution in [0.4, 0.5) is 4.39 Å². The van der Waals surface area contributed by atoms with Crippen LogP contribution in [0, 0.1) is 5.82 Å². The first-order chi connectivity index (χ1) is 10.2. The normalized spacial score (nSPS) is 11.6. The van der Waals surface area contributed by atoms with Gasteiger partial charge in [-0.15, -0.1) is 0 Å². The summed E-state index contributed by atoms with van der Waals surface area (Å²) in [6.07, 6.45) is 0.894. The van der Waals surface area contributed by atoms with E-state index in [2.05, 4.69) is 22.6 Å². The molecule has 0 heterocycles. The second-order valence-electron chi connectivity index (χ2n) is 4.70. The van der Waals surface area contributed by atoms with Gasteiger partial charge in [-0.2, -0.15) is 0 Å². The Morgan fingerprint density at radius 1 is 1.19 bits per heavy atom. The molecule has 4 N–H and O–H groups in total. The van der Waals surface area contributed by atoms with Gasteiger partial charge in [0.1, 0.15) is 5.82 Å². The van der Waals surface area contributed by atoms with E-state index in [1.165, 1.54) is 11.6 Å². The average molecular weight is 287 g/mol. The van der Waals surface area contributed by atoms with Crippen LogP contribution in [0.1, 0.15) is 16.7 Å². The Morgan fingerprint density at radius 3 is 2.62 bits per heavy atom. The van der Waals surface area contributed by atoms with Crippen molar-refractivity contribution in [1.82, 2.24) is 5.32 Å². The van der Waals surface area contributed by atoms with Crippen molar-refractivity contribution in [3.8, 4) is 0 Å². The van der Waals surface area contributed by atoms with Gasteiger partial charge in [-0.05, 0) is 24.6 Å². The van der Waals surface area contributed by atoms with Crippen molar-refractivity contribution in [2.24, 2.45) is 10.9 Å². The summed E-state index contributed by atoms with van der Waals surface area (Å²) >= 11 is 0. The number of nitrogens with one attached hydrogen (secondary N) is 1. The third-order valence-electron chi connectivity index (χ3n) is 3.21. The van der Waals surface area contributed by atoms with Crippen molar-refractivity contribution < 1.29 is 9.60 Å². The van der Waals surface area contributed by atoms with E-state index in [-0.39, 0.29) is 11.7 Å². The Labute approximate surface area is 123 Å². The third kappa shape index (κ3) is 4.29. The Bertz CT molecular complexity index is 614. The molecular weight excluding hydrogens is 269 g/mol. The number of hydrogen-bond acceptors (Lipinski definition) is 3. The van der Waals surface area contributed by atoms with Crippen molar-refractivity contribution in [1.29, 1.82) is 0 Å². The highest BCUT2D eigenvalue weighted by atomic mass is 19.1. The van der Waals surface area contributed by atoms with Crippen LogP contribution in [0.15, 0.2) is 53.7 Å². The van der Waals surface area contributed by atoms with Crippen molar-refractivity contribution in [2.45, 2.75) is 13.0 Å². The molecule has 0 aromatic heterocycles. The Kier molecular flexibility index (Phi) is 5.29. The SMILES string of the molecule is NC(=NO)c1ccc(CNCCc2ccccc2)c(F)c1. The molecule has 0 radical (unpaired) electrons. The molecule has 2 aromatic rings. The first kappa shape index (κ1) is 15.0. The van der Waals surface area contributed by atoms with E-state index in [1.807, 2.05) is 18.2 Å². The molecule has 5 heteroatoms. The van der Waals surface area contributed by atoms with Gasteiger partial charge in [-0.25, -0.2) is 4.39 Å². The average Bonchev–Trinajstić information content (AvgIpc) is 2.53. The molecule has 21 heavy (non-hydrogen) atoms. The van der Waals surface area contributed by atoms with Gasteiger partial charge >= 0.3 is 0 Å². The molecule has 0 aliphatic carbocycles. The smallest absolute Gasteiger partial charge is 0.170 e. The van der Waals surface area contributed by atoms with E-state index in [0.717, 1.165) is 13.0 Å². The maximum Gasteiger partial charge on any atom is 0.170 e. The maximum atomic E-state index is 13.9. The lowest BCUT2D eigenvalue weighted by Crippen LogP contribution is -2.18. The summed E-state index contributed by atoms with van der Waals surface area (Å²) in [5, 5.41) is 14.6. The highest BCUT2D eigenvalue weighted by Crippen LogP contribution is 2.10. The van der Waals surface area contributed by atoms with Gasteiger partial charge in [-0.1, -0.05) is 47.6 Å². The lowest BCUT2D eigenvalue weighted by molar-refractivity contribution is 0.318. The van der Waals surface area contributed by atoms with Crippen LogP contribution in [-0.2, 0) is 13.0 Å². The Balaban J connectivity index is 1.86. The summed E-state index contributed by atoms with van der Waals surface area (Å²) in [7, 11) is 0. The molecule has 0 fully saturated rings. The van der Waals surface area contributed by atoms with Gasteiger partial charge in [0.25, 0.3) is 0 Å².